The Morgan fingerprint density at radius 3 is 2.36 bits per heavy atom. The van der Waals surface area contributed by atoms with Crippen LogP contribution >= 0.6 is 15.9 Å². The van der Waals surface area contributed by atoms with Crippen molar-refractivity contribution in [2.75, 3.05) is 6.54 Å². The van der Waals surface area contributed by atoms with Gasteiger partial charge in [-0.2, -0.15) is 5.26 Å². The lowest BCUT2D eigenvalue weighted by atomic mass is 10.1. The maximum atomic E-state index is 11.9. The van der Waals surface area contributed by atoms with E-state index in [4.69, 9.17) is 5.26 Å². The van der Waals surface area contributed by atoms with Gasteiger partial charge in [0.2, 0.25) is 5.91 Å². The fourth-order valence-electron chi connectivity index (χ4n) is 1.11. The molecule has 0 bridgehead atoms. The van der Waals surface area contributed by atoms with Crippen LogP contribution in [0.5, 0.6) is 0 Å². The van der Waals surface area contributed by atoms with Crippen LogP contribution in [0.3, 0.4) is 0 Å². The Labute approximate surface area is 94.2 Å². The molecule has 0 fully saturated rings. The van der Waals surface area contributed by atoms with Gasteiger partial charge in [-0.05, 0) is 27.7 Å². The number of rotatable bonds is 4. The Morgan fingerprint density at radius 1 is 1.57 bits per heavy atom. The van der Waals surface area contributed by atoms with Gasteiger partial charge in [-0.3, -0.25) is 4.79 Å². The highest BCUT2D eigenvalue weighted by atomic mass is 79.9. The van der Waals surface area contributed by atoms with Crippen molar-refractivity contribution in [1.82, 2.24) is 4.90 Å². The molecule has 0 aromatic rings. The molecule has 0 N–H and O–H groups in total. The Morgan fingerprint density at radius 2 is 2.07 bits per heavy atom. The smallest absolute Gasteiger partial charge is 0.239 e. The number of nitriles is 1. The van der Waals surface area contributed by atoms with Crippen LogP contribution in [0, 0.1) is 11.3 Å². The number of carbonyl (C=O) groups is 1. The molecule has 1 amide bonds. The van der Waals surface area contributed by atoms with Gasteiger partial charge in [-0.25, -0.2) is 0 Å². The molecule has 0 spiro atoms. The molecule has 0 aliphatic heterocycles. The van der Waals surface area contributed by atoms with E-state index in [0.29, 0.717) is 13.0 Å². The normalized spacial score (nSPS) is 11.2. The van der Waals surface area contributed by atoms with Gasteiger partial charge in [0, 0.05) is 12.6 Å². The molecule has 3 nitrogen and oxygen atoms in total. The Balaban J connectivity index is 4.52. The minimum atomic E-state index is -0.549. The quantitative estimate of drug-likeness (QED) is 0.729. The minimum absolute atomic E-state index is 0.0303. The molecule has 80 valence electrons. The van der Waals surface area contributed by atoms with Crippen molar-refractivity contribution in [3.63, 3.8) is 0 Å². The lowest BCUT2D eigenvalue weighted by Crippen LogP contribution is -2.45. The van der Waals surface area contributed by atoms with Gasteiger partial charge in [-0.15, -0.1) is 0 Å². The van der Waals surface area contributed by atoms with Crippen molar-refractivity contribution in [1.29, 1.82) is 5.26 Å². The fraction of sp³-hybridized carbons (Fsp3) is 0.800. The largest absolute Gasteiger partial charge is 0.338 e. The first-order valence-electron chi connectivity index (χ1n) is 4.67. The molecule has 0 heterocycles. The molecule has 0 rings (SSSR count). The minimum Gasteiger partial charge on any atom is -0.338 e. The Hall–Kier alpha value is -0.560. The summed E-state index contributed by atoms with van der Waals surface area (Å²) in [6.07, 6.45) is 0.382. The molecule has 0 radical (unpaired) electrons. The third-order valence-electron chi connectivity index (χ3n) is 1.86. The average Bonchev–Trinajstić information content (AvgIpc) is 2.02. The van der Waals surface area contributed by atoms with Crippen molar-refractivity contribution in [3.8, 4) is 6.07 Å². The molecular weight excluding hydrogens is 244 g/mol. The second kappa shape index (κ2) is 5.35. The molecule has 0 aromatic carbocycles. The highest BCUT2D eigenvalue weighted by Gasteiger charge is 2.30. The first-order chi connectivity index (χ1) is 6.30. The maximum Gasteiger partial charge on any atom is 0.239 e. The number of nitrogens with zero attached hydrogens (tertiary/aromatic N) is 2. The molecule has 0 atom stereocenters. The lowest BCUT2D eigenvalue weighted by molar-refractivity contribution is -0.134. The summed E-state index contributed by atoms with van der Waals surface area (Å²) in [6.45, 7) is 8.04. The predicted octanol–water partition coefficient (Wildman–Crippen LogP) is 2.31. The van der Waals surface area contributed by atoms with Crippen LogP contribution in [-0.2, 0) is 4.79 Å². The van der Waals surface area contributed by atoms with Crippen molar-refractivity contribution < 1.29 is 4.79 Å². The first kappa shape index (κ1) is 13.4. The van der Waals surface area contributed by atoms with Crippen LogP contribution in [0.25, 0.3) is 0 Å². The van der Waals surface area contributed by atoms with Crippen LogP contribution in [0.1, 0.15) is 34.1 Å². The maximum absolute atomic E-state index is 11.9. The number of hydrogen-bond donors (Lipinski definition) is 0. The summed E-state index contributed by atoms with van der Waals surface area (Å²) in [5, 5.41) is 8.48. The van der Waals surface area contributed by atoms with Crippen molar-refractivity contribution in [3.05, 3.63) is 0 Å². The van der Waals surface area contributed by atoms with E-state index < -0.39 is 4.32 Å². The summed E-state index contributed by atoms with van der Waals surface area (Å²) in [7, 11) is 0. The highest BCUT2D eigenvalue weighted by Crippen LogP contribution is 2.20. The molecule has 4 heteroatoms. The van der Waals surface area contributed by atoms with E-state index in [1.165, 1.54) is 0 Å². The van der Waals surface area contributed by atoms with Gasteiger partial charge in [0.1, 0.15) is 0 Å². The summed E-state index contributed by atoms with van der Waals surface area (Å²) in [4.78, 5) is 13.6. The lowest BCUT2D eigenvalue weighted by Gasteiger charge is -2.31. The SMILES string of the molecule is CC(C)N(CCC#N)C(=O)C(C)(C)Br. The van der Waals surface area contributed by atoms with E-state index in [9.17, 15) is 4.79 Å². The number of carbonyl (C=O) groups excluding carboxylic acids is 1. The second-order valence-electron chi connectivity index (χ2n) is 3.97. The monoisotopic (exact) mass is 260 g/mol. The van der Waals surface area contributed by atoms with Crippen molar-refractivity contribution >= 4 is 21.8 Å². The van der Waals surface area contributed by atoms with E-state index in [2.05, 4.69) is 22.0 Å². The van der Waals surface area contributed by atoms with Crippen LogP contribution < -0.4 is 0 Å². The van der Waals surface area contributed by atoms with Gasteiger partial charge < -0.3 is 4.90 Å². The molecule has 0 aromatic heterocycles. The van der Waals surface area contributed by atoms with Crippen LogP contribution in [-0.4, -0.2) is 27.7 Å². The van der Waals surface area contributed by atoms with E-state index >= 15 is 0 Å². The number of amides is 1. The van der Waals surface area contributed by atoms with Crippen LogP contribution in [0.4, 0.5) is 0 Å². The van der Waals surface area contributed by atoms with Crippen LogP contribution in [0.2, 0.25) is 0 Å². The summed E-state index contributed by atoms with van der Waals surface area (Å²) in [5.41, 5.74) is 0. The van der Waals surface area contributed by atoms with Crippen LogP contribution in [0.15, 0.2) is 0 Å². The zero-order valence-corrected chi connectivity index (χ0v) is 10.8. The molecule has 0 aliphatic rings. The summed E-state index contributed by atoms with van der Waals surface area (Å²) in [6, 6.07) is 2.18. The third kappa shape index (κ3) is 4.10. The first-order valence-corrected chi connectivity index (χ1v) is 5.47. The summed E-state index contributed by atoms with van der Waals surface area (Å²) >= 11 is 3.33. The van der Waals surface area contributed by atoms with E-state index in [1.807, 2.05) is 27.7 Å². The Bertz CT molecular complexity index is 237. The average molecular weight is 261 g/mol. The summed E-state index contributed by atoms with van der Waals surface area (Å²) < 4.78 is -0.549. The molecule has 0 unspecified atom stereocenters. The Kier molecular flexibility index (Phi) is 5.14. The van der Waals surface area contributed by atoms with Gasteiger partial charge in [0.05, 0.1) is 16.8 Å². The van der Waals surface area contributed by atoms with Gasteiger partial charge in [0.15, 0.2) is 0 Å². The van der Waals surface area contributed by atoms with Gasteiger partial charge >= 0.3 is 0 Å². The van der Waals surface area contributed by atoms with E-state index in [0.717, 1.165) is 0 Å². The number of hydrogen-bond acceptors (Lipinski definition) is 2. The predicted molar refractivity (Wildman–Crippen MR) is 60.1 cm³/mol. The molecule has 0 aliphatic carbocycles. The topological polar surface area (TPSA) is 44.1 Å². The van der Waals surface area contributed by atoms with E-state index in [1.54, 1.807) is 4.90 Å². The van der Waals surface area contributed by atoms with Crippen molar-refractivity contribution in [2.24, 2.45) is 0 Å². The zero-order valence-electron chi connectivity index (χ0n) is 9.17. The number of alkyl halides is 1. The fourth-order valence-corrected chi connectivity index (χ4v) is 1.33. The highest BCUT2D eigenvalue weighted by molar-refractivity contribution is 9.10. The van der Waals surface area contributed by atoms with Gasteiger partial charge in [0.25, 0.3) is 0 Å². The number of halogens is 1. The van der Waals surface area contributed by atoms with E-state index in [-0.39, 0.29) is 11.9 Å². The third-order valence-corrected chi connectivity index (χ3v) is 2.20. The summed E-state index contributed by atoms with van der Waals surface area (Å²) in [5.74, 6) is 0.0303. The molecule has 0 saturated heterocycles. The molecular formula is C10H17BrN2O. The molecule has 14 heavy (non-hydrogen) atoms. The van der Waals surface area contributed by atoms with Crippen molar-refractivity contribution in [2.45, 2.75) is 44.5 Å². The van der Waals surface area contributed by atoms with Gasteiger partial charge in [-0.1, -0.05) is 15.9 Å². The standard InChI is InChI=1S/C10H17BrN2O/c1-8(2)13(7-5-6-12)9(14)10(3,4)11/h8H,5,7H2,1-4H3. The molecule has 0 saturated carbocycles. The zero-order chi connectivity index (χ0) is 11.4. The second-order valence-corrected chi connectivity index (χ2v) is 5.96.